The minimum absolute atomic E-state index is 0.0286. The Hall–Kier alpha value is -2.80. The largest absolute Gasteiger partial charge is 0.534 e. The van der Waals surface area contributed by atoms with Gasteiger partial charge in [0, 0.05) is 17.0 Å². The maximum atomic E-state index is 13.1. The average Bonchev–Trinajstić information content (AvgIpc) is 3.16. The molecule has 1 aromatic rings. The van der Waals surface area contributed by atoms with Crippen LogP contribution in [-0.2, 0) is 42.2 Å². The smallest absolute Gasteiger partial charge is 0.496 e. The molecular formula is C21H23F3O9S. The second-order valence-corrected chi connectivity index (χ2v) is 9.20. The van der Waals surface area contributed by atoms with E-state index in [4.69, 9.17) is 18.9 Å². The Morgan fingerprint density at radius 1 is 1.24 bits per heavy atom. The third-order valence-corrected chi connectivity index (χ3v) is 6.64. The Bertz CT molecular complexity index is 1120. The van der Waals surface area contributed by atoms with Gasteiger partial charge in [-0.3, -0.25) is 4.79 Å². The second kappa shape index (κ2) is 9.82. The fraction of sp³-hybridized carbons (Fsp3) is 0.524. The van der Waals surface area contributed by atoms with Crippen LogP contribution in [0.25, 0.3) is 0 Å². The number of alkyl halides is 3. The molecule has 2 heterocycles. The summed E-state index contributed by atoms with van der Waals surface area (Å²) in [4.78, 5) is 24.1. The molecule has 9 nitrogen and oxygen atoms in total. The van der Waals surface area contributed by atoms with Gasteiger partial charge in [0.1, 0.15) is 17.9 Å². The molecule has 34 heavy (non-hydrogen) atoms. The van der Waals surface area contributed by atoms with Gasteiger partial charge in [0.05, 0.1) is 33.9 Å². The number of benzene rings is 1. The van der Waals surface area contributed by atoms with Crippen LogP contribution in [0.4, 0.5) is 13.2 Å². The van der Waals surface area contributed by atoms with Crippen LogP contribution in [0, 0.1) is 12.8 Å². The predicted octanol–water partition coefficient (Wildman–Crippen LogP) is 2.97. The van der Waals surface area contributed by atoms with E-state index in [0.29, 0.717) is 18.6 Å². The Labute approximate surface area is 193 Å². The molecule has 1 fully saturated rings. The number of ether oxygens (including phenoxy) is 4. The second-order valence-electron chi connectivity index (χ2n) is 7.66. The number of allylic oxidation sites excluding steroid dienone is 1. The van der Waals surface area contributed by atoms with Crippen LogP contribution in [0.15, 0.2) is 11.6 Å². The van der Waals surface area contributed by atoms with Crippen molar-refractivity contribution in [2.75, 3.05) is 27.4 Å². The molecule has 0 saturated carbocycles. The highest BCUT2D eigenvalue weighted by Gasteiger charge is 2.50. The molecule has 0 spiro atoms. The summed E-state index contributed by atoms with van der Waals surface area (Å²) in [6.45, 7) is 1.91. The van der Waals surface area contributed by atoms with E-state index in [1.807, 2.05) is 0 Å². The Kier molecular flexibility index (Phi) is 7.46. The summed E-state index contributed by atoms with van der Waals surface area (Å²) in [5.74, 6) is -2.52. The third kappa shape index (κ3) is 4.99. The first-order valence-electron chi connectivity index (χ1n) is 10.1. The fourth-order valence-electron chi connectivity index (χ4n) is 3.96. The van der Waals surface area contributed by atoms with Crippen LogP contribution in [0.5, 0.6) is 11.5 Å². The first-order chi connectivity index (χ1) is 15.9. The lowest BCUT2D eigenvalue weighted by Crippen LogP contribution is -2.29. The number of hydrogen-bond donors (Lipinski definition) is 0. The SMILES string of the molecule is COC(=O)CC1COCC/C1=C\Cc1c(OC)c(C)c2c(c1OS(=O)(=O)C(F)(F)F)C(=O)OC2. The molecule has 0 radical (unpaired) electrons. The van der Waals surface area contributed by atoms with E-state index in [0.717, 1.165) is 5.57 Å². The summed E-state index contributed by atoms with van der Waals surface area (Å²) in [6.07, 6.45) is 1.97. The summed E-state index contributed by atoms with van der Waals surface area (Å²) in [6, 6.07) is 0. The van der Waals surface area contributed by atoms with E-state index in [2.05, 4.69) is 4.18 Å². The number of methoxy groups -OCH3 is 2. The minimum atomic E-state index is -6.09. The van der Waals surface area contributed by atoms with Crippen molar-refractivity contribution in [3.63, 3.8) is 0 Å². The molecule has 1 unspecified atom stereocenters. The number of esters is 2. The van der Waals surface area contributed by atoms with E-state index in [-0.39, 0.29) is 48.8 Å². The highest BCUT2D eigenvalue weighted by Crippen LogP contribution is 2.44. The summed E-state index contributed by atoms with van der Waals surface area (Å²) >= 11 is 0. The van der Waals surface area contributed by atoms with Crippen molar-refractivity contribution >= 4 is 22.1 Å². The van der Waals surface area contributed by atoms with Gasteiger partial charge >= 0.3 is 27.6 Å². The third-order valence-electron chi connectivity index (χ3n) is 5.69. The minimum Gasteiger partial charge on any atom is -0.496 e. The first kappa shape index (κ1) is 25.8. The number of rotatable bonds is 7. The van der Waals surface area contributed by atoms with Gasteiger partial charge in [0.15, 0.2) is 5.75 Å². The highest BCUT2D eigenvalue weighted by molar-refractivity contribution is 7.88. The average molecular weight is 508 g/mol. The number of carbonyl (C=O) groups is 2. The molecule has 0 aromatic heterocycles. The number of halogens is 3. The van der Waals surface area contributed by atoms with E-state index in [9.17, 15) is 31.2 Å². The summed E-state index contributed by atoms with van der Waals surface area (Å²) in [5.41, 5.74) is -4.82. The van der Waals surface area contributed by atoms with Crippen molar-refractivity contribution in [2.24, 2.45) is 5.92 Å². The van der Waals surface area contributed by atoms with Gasteiger partial charge in [-0.15, -0.1) is 0 Å². The maximum absolute atomic E-state index is 13.1. The Morgan fingerprint density at radius 2 is 1.94 bits per heavy atom. The maximum Gasteiger partial charge on any atom is 0.534 e. The molecule has 0 amide bonds. The molecule has 2 aliphatic heterocycles. The standard InChI is InChI=1S/C21H23F3O9S/c1-11-15-10-32-20(26)17(15)19(33-34(27,28)21(22,23)24)14(18(11)30-3)5-4-12-6-7-31-9-13(12)8-16(25)29-2/h4,13H,5-10H2,1-3H3/b12-4+. The van der Waals surface area contributed by atoms with Gasteiger partial charge < -0.3 is 23.1 Å². The predicted molar refractivity (Wildman–Crippen MR) is 110 cm³/mol. The number of carbonyl (C=O) groups excluding carboxylic acids is 2. The molecule has 3 rings (SSSR count). The van der Waals surface area contributed by atoms with Crippen molar-refractivity contribution in [3.8, 4) is 11.5 Å². The topological polar surface area (TPSA) is 114 Å². The van der Waals surface area contributed by atoms with Crippen LogP contribution in [0.1, 0.15) is 39.9 Å². The quantitative estimate of drug-likeness (QED) is 0.237. The lowest BCUT2D eigenvalue weighted by Gasteiger charge is -2.25. The molecule has 13 heteroatoms. The van der Waals surface area contributed by atoms with Crippen molar-refractivity contribution in [1.29, 1.82) is 0 Å². The van der Waals surface area contributed by atoms with E-state index < -0.39 is 38.9 Å². The van der Waals surface area contributed by atoms with Crippen molar-refractivity contribution in [1.82, 2.24) is 0 Å². The molecule has 0 aliphatic carbocycles. The van der Waals surface area contributed by atoms with Crippen molar-refractivity contribution < 1.29 is 54.3 Å². The van der Waals surface area contributed by atoms with Gasteiger partial charge in [-0.25, -0.2) is 4.79 Å². The van der Waals surface area contributed by atoms with Crippen LogP contribution >= 0.6 is 0 Å². The van der Waals surface area contributed by atoms with Gasteiger partial charge in [0.25, 0.3) is 0 Å². The van der Waals surface area contributed by atoms with Gasteiger partial charge in [-0.2, -0.15) is 21.6 Å². The summed E-state index contributed by atoms with van der Waals surface area (Å²) in [5, 5.41) is 0. The lowest BCUT2D eigenvalue weighted by atomic mass is 9.89. The van der Waals surface area contributed by atoms with Crippen LogP contribution in [0.3, 0.4) is 0 Å². The molecule has 1 aromatic carbocycles. The molecule has 1 atom stereocenters. The first-order valence-corrected chi connectivity index (χ1v) is 11.6. The fourth-order valence-corrected chi connectivity index (χ4v) is 4.46. The summed E-state index contributed by atoms with van der Waals surface area (Å²) < 4.78 is 88.0. The van der Waals surface area contributed by atoms with Crippen LogP contribution in [0.2, 0.25) is 0 Å². The van der Waals surface area contributed by atoms with Crippen LogP contribution in [-0.4, -0.2) is 53.3 Å². The van der Waals surface area contributed by atoms with Crippen molar-refractivity contribution in [2.45, 2.75) is 38.3 Å². The lowest BCUT2D eigenvalue weighted by molar-refractivity contribution is -0.142. The van der Waals surface area contributed by atoms with E-state index >= 15 is 0 Å². The molecule has 1 saturated heterocycles. The molecular weight excluding hydrogens is 485 g/mol. The number of fused-ring (bicyclic) bond motifs is 1. The Morgan fingerprint density at radius 3 is 2.56 bits per heavy atom. The zero-order valence-electron chi connectivity index (χ0n) is 18.6. The number of cyclic esters (lactones) is 1. The zero-order valence-corrected chi connectivity index (χ0v) is 19.4. The zero-order chi connectivity index (χ0) is 25.3. The number of hydrogen-bond acceptors (Lipinski definition) is 9. The molecule has 0 bridgehead atoms. The normalized spacial score (nSPS) is 19.5. The van der Waals surface area contributed by atoms with E-state index in [1.54, 1.807) is 13.0 Å². The van der Waals surface area contributed by atoms with E-state index in [1.165, 1.54) is 14.2 Å². The van der Waals surface area contributed by atoms with Gasteiger partial charge in [-0.05, 0) is 25.3 Å². The summed E-state index contributed by atoms with van der Waals surface area (Å²) in [7, 11) is -3.58. The molecule has 188 valence electrons. The van der Waals surface area contributed by atoms with Gasteiger partial charge in [0.2, 0.25) is 0 Å². The highest BCUT2D eigenvalue weighted by atomic mass is 32.2. The van der Waals surface area contributed by atoms with Crippen molar-refractivity contribution in [3.05, 3.63) is 33.9 Å². The van der Waals surface area contributed by atoms with Gasteiger partial charge in [-0.1, -0.05) is 11.6 Å². The Balaban J connectivity index is 2.13. The molecule has 0 N–H and O–H groups in total. The van der Waals surface area contributed by atoms with Crippen LogP contribution < -0.4 is 8.92 Å². The molecule has 2 aliphatic rings. The monoisotopic (exact) mass is 508 g/mol.